The molecule has 0 amide bonds. The molecule has 4 nitrogen and oxygen atoms in total. The molecule has 34 heavy (non-hydrogen) atoms. The summed E-state index contributed by atoms with van der Waals surface area (Å²) in [6.07, 6.45) is 11.8. The first-order chi connectivity index (χ1) is 16.4. The summed E-state index contributed by atoms with van der Waals surface area (Å²) in [4.78, 5) is 13.0. The lowest BCUT2D eigenvalue weighted by atomic mass is 9.44. The predicted octanol–water partition coefficient (Wildman–Crippen LogP) is 6.80. The lowest BCUT2D eigenvalue weighted by Crippen LogP contribution is -2.57. The quantitative estimate of drug-likeness (QED) is 0.272. The molecule has 4 fully saturated rings. The van der Waals surface area contributed by atoms with Crippen molar-refractivity contribution in [2.75, 3.05) is 13.9 Å². The number of fused-ring (bicyclic) bond motifs is 5. The second-order valence-corrected chi connectivity index (χ2v) is 11.8. The summed E-state index contributed by atoms with van der Waals surface area (Å²) < 4.78 is 17.6. The van der Waals surface area contributed by atoms with Crippen LogP contribution in [-0.2, 0) is 14.2 Å². The van der Waals surface area contributed by atoms with Crippen LogP contribution in [0.1, 0.15) is 82.5 Å². The second kappa shape index (κ2) is 9.43. The van der Waals surface area contributed by atoms with E-state index in [4.69, 9.17) is 14.2 Å². The van der Waals surface area contributed by atoms with Crippen LogP contribution < -0.4 is 0 Å². The highest BCUT2D eigenvalue weighted by atomic mass is 16.7. The molecule has 0 unspecified atom stereocenters. The standard InChI is InChI=1S/C30H42O4/c1-5-21-12-14-24-23-13-11-22-17-26(33-19-32-4)27(34-28(31)20-9-7-6-8-10-20)18-30(22,3)25(23)15-16-29(21,24)2/h5-10,22-27H,11-19H2,1-4H3/t22-,23-,24-,25-,26-,27-,29+,30-/m0/s1. The first-order valence-corrected chi connectivity index (χ1v) is 13.4. The minimum atomic E-state index is -0.240. The first-order valence-electron chi connectivity index (χ1n) is 13.4. The van der Waals surface area contributed by atoms with Crippen LogP contribution in [0.15, 0.2) is 42.0 Å². The van der Waals surface area contributed by atoms with Gasteiger partial charge < -0.3 is 14.2 Å². The third-order valence-corrected chi connectivity index (χ3v) is 10.5. The van der Waals surface area contributed by atoms with Crippen molar-refractivity contribution >= 4 is 5.97 Å². The molecular formula is C30H42O4. The van der Waals surface area contributed by atoms with Gasteiger partial charge in [-0.3, -0.25) is 0 Å². The summed E-state index contributed by atoms with van der Waals surface area (Å²) in [6.45, 7) is 7.54. The molecule has 0 spiro atoms. The summed E-state index contributed by atoms with van der Waals surface area (Å²) in [5, 5.41) is 0. The fourth-order valence-electron chi connectivity index (χ4n) is 8.79. The zero-order chi connectivity index (χ0) is 23.9. The summed E-state index contributed by atoms with van der Waals surface area (Å²) in [5.41, 5.74) is 2.91. The molecule has 0 heterocycles. The van der Waals surface area contributed by atoms with Crippen molar-refractivity contribution in [2.24, 2.45) is 34.5 Å². The largest absolute Gasteiger partial charge is 0.456 e. The van der Waals surface area contributed by atoms with E-state index in [2.05, 4.69) is 26.8 Å². The van der Waals surface area contributed by atoms with Crippen molar-refractivity contribution < 1.29 is 19.0 Å². The number of esters is 1. The molecule has 0 aliphatic heterocycles. The molecule has 5 rings (SSSR count). The fraction of sp³-hybridized carbons (Fsp3) is 0.700. The van der Waals surface area contributed by atoms with Gasteiger partial charge in [0.05, 0.1) is 11.7 Å². The van der Waals surface area contributed by atoms with E-state index in [-0.39, 0.29) is 30.4 Å². The Bertz CT molecular complexity index is 910. The van der Waals surface area contributed by atoms with Crippen molar-refractivity contribution in [3.8, 4) is 0 Å². The molecule has 0 saturated heterocycles. The summed E-state index contributed by atoms with van der Waals surface area (Å²) >= 11 is 0. The number of hydrogen-bond donors (Lipinski definition) is 0. The highest BCUT2D eigenvalue weighted by Gasteiger charge is 2.60. The van der Waals surface area contributed by atoms with Crippen LogP contribution >= 0.6 is 0 Å². The molecule has 0 N–H and O–H groups in total. The van der Waals surface area contributed by atoms with Crippen molar-refractivity contribution in [2.45, 2.75) is 84.3 Å². The lowest BCUT2D eigenvalue weighted by Gasteiger charge is -2.61. The van der Waals surface area contributed by atoms with E-state index in [1.165, 1.54) is 38.5 Å². The van der Waals surface area contributed by atoms with E-state index in [1.807, 2.05) is 30.3 Å². The van der Waals surface area contributed by atoms with E-state index in [0.717, 1.165) is 24.7 Å². The van der Waals surface area contributed by atoms with Gasteiger partial charge in [0.1, 0.15) is 12.9 Å². The number of methoxy groups -OCH3 is 1. The summed E-state index contributed by atoms with van der Waals surface area (Å²) in [5.74, 6) is 2.69. The molecule has 8 atom stereocenters. The second-order valence-electron chi connectivity index (χ2n) is 11.8. The Balaban J connectivity index is 1.39. The number of carbonyl (C=O) groups is 1. The van der Waals surface area contributed by atoms with E-state index in [0.29, 0.717) is 22.8 Å². The molecular weight excluding hydrogens is 424 g/mol. The smallest absolute Gasteiger partial charge is 0.338 e. The van der Waals surface area contributed by atoms with Gasteiger partial charge in [-0.15, -0.1) is 0 Å². The fourth-order valence-corrected chi connectivity index (χ4v) is 8.79. The van der Waals surface area contributed by atoms with Gasteiger partial charge in [-0.25, -0.2) is 4.79 Å². The minimum Gasteiger partial charge on any atom is -0.456 e. The van der Waals surface area contributed by atoms with E-state index in [1.54, 1.807) is 12.7 Å². The molecule has 4 heteroatoms. The van der Waals surface area contributed by atoms with Crippen LogP contribution in [0.3, 0.4) is 0 Å². The van der Waals surface area contributed by atoms with Crippen molar-refractivity contribution in [3.63, 3.8) is 0 Å². The molecule has 0 bridgehead atoms. The lowest BCUT2D eigenvalue weighted by molar-refractivity contribution is -0.188. The monoisotopic (exact) mass is 466 g/mol. The van der Waals surface area contributed by atoms with Gasteiger partial charge in [-0.2, -0.15) is 0 Å². The number of rotatable bonds is 5. The number of carbonyl (C=O) groups excluding carboxylic acids is 1. The normalized spacial score (nSPS) is 42.5. The Kier molecular flexibility index (Phi) is 6.67. The molecule has 4 aliphatic carbocycles. The van der Waals surface area contributed by atoms with E-state index >= 15 is 0 Å². The Labute approximate surface area is 205 Å². The Morgan fingerprint density at radius 1 is 1.06 bits per heavy atom. The number of hydrogen-bond acceptors (Lipinski definition) is 4. The number of allylic oxidation sites excluding steroid dienone is 2. The van der Waals surface area contributed by atoms with Crippen molar-refractivity contribution in [1.29, 1.82) is 0 Å². The van der Waals surface area contributed by atoms with Crippen LogP contribution in [0.2, 0.25) is 0 Å². The van der Waals surface area contributed by atoms with Gasteiger partial charge in [0.15, 0.2) is 0 Å². The highest BCUT2D eigenvalue weighted by molar-refractivity contribution is 5.89. The molecule has 0 radical (unpaired) electrons. The van der Waals surface area contributed by atoms with Gasteiger partial charge in [0, 0.05) is 7.11 Å². The Hall–Kier alpha value is -1.65. The zero-order valence-electron chi connectivity index (χ0n) is 21.4. The summed E-state index contributed by atoms with van der Waals surface area (Å²) in [7, 11) is 1.66. The number of benzene rings is 1. The molecule has 1 aromatic rings. The van der Waals surface area contributed by atoms with Gasteiger partial charge in [0.25, 0.3) is 0 Å². The van der Waals surface area contributed by atoms with E-state index < -0.39 is 0 Å². The van der Waals surface area contributed by atoms with Gasteiger partial charge >= 0.3 is 5.97 Å². The number of ether oxygens (including phenoxy) is 3. The molecule has 1 aromatic carbocycles. The van der Waals surface area contributed by atoms with Crippen LogP contribution in [-0.4, -0.2) is 32.1 Å². The SMILES string of the molecule is CC=C1CC[C@H]2[C@@H]3CC[C@H]4C[C@H](OCOC)[C@@H](OC(=O)c5ccccc5)C[C@]4(C)[C@H]3CC[C@]12C. The first kappa shape index (κ1) is 24.1. The molecule has 4 saturated carbocycles. The molecule has 0 aromatic heterocycles. The van der Waals surface area contributed by atoms with Crippen LogP contribution in [0, 0.1) is 34.5 Å². The maximum atomic E-state index is 13.0. The van der Waals surface area contributed by atoms with Crippen LogP contribution in [0.4, 0.5) is 0 Å². The average molecular weight is 467 g/mol. The maximum absolute atomic E-state index is 13.0. The van der Waals surface area contributed by atoms with Crippen molar-refractivity contribution in [1.82, 2.24) is 0 Å². The Morgan fingerprint density at radius 2 is 1.85 bits per heavy atom. The van der Waals surface area contributed by atoms with Gasteiger partial charge in [0.2, 0.25) is 0 Å². The Morgan fingerprint density at radius 3 is 2.59 bits per heavy atom. The van der Waals surface area contributed by atoms with E-state index in [9.17, 15) is 4.79 Å². The molecule has 186 valence electrons. The maximum Gasteiger partial charge on any atom is 0.338 e. The topological polar surface area (TPSA) is 44.8 Å². The van der Waals surface area contributed by atoms with Crippen molar-refractivity contribution in [3.05, 3.63) is 47.5 Å². The third-order valence-electron chi connectivity index (χ3n) is 10.5. The molecule has 4 aliphatic rings. The highest BCUT2D eigenvalue weighted by Crippen LogP contribution is 2.67. The summed E-state index contributed by atoms with van der Waals surface area (Å²) in [6, 6.07) is 9.36. The van der Waals surface area contributed by atoms with Crippen LogP contribution in [0.5, 0.6) is 0 Å². The third kappa shape index (κ3) is 3.95. The van der Waals surface area contributed by atoms with Gasteiger partial charge in [-0.05, 0) is 105 Å². The van der Waals surface area contributed by atoms with Crippen LogP contribution in [0.25, 0.3) is 0 Å². The predicted molar refractivity (Wildman–Crippen MR) is 133 cm³/mol. The zero-order valence-corrected chi connectivity index (χ0v) is 21.4. The average Bonchev–Trinajstić information content (AvgIpc) is 3.19. The van der Waals surface area contributed by atoms with Gasteiger partial charge in [-0.1, -0.05) is 43.7 Å². The minimum absolute atomic E-state index is 0.0998.